The van der Waals surface area contributed by atoms with Crippen molar-refractivity contribution < 1.29 is 33.3 Å². The minimum absolute atomic E-state index is 0.0270. The van der Waals surface area contributed by atoms with Crippen LogP contribution in [0.25, 0.3) is 0 Å². The molecular formula is C31H44N2O7. The molecule has 2 amide bonds. The van der Waals surface area contributed by atoms with Crippen LogP contribution in [-0.2, 0) is 41.8 Å². The molecule has 0 aliphatic carbocycles. The van der Waals surface area contributed by atoms with Gasteiger partial charge in [-0.2, -0.15) is 0 Å². The fraction of sp³-hybridized carbons (Fsp3) is 0.516. The molecule has 2 atom stereocenters. The lowest BCUT2D eigenvalue weighted by Crippen LogP contribution is -2.26. The molecule has 9 heteroatoms. The van der Waals surface area contributed by atoms with Crippen LogP contribution in [0.5, 0.6) is 0 Å². The highest BCUT2D eigenvalue weighted by Crippen LogP contribution is 2.15. The number of nitrogens with two attached hydrogens (primary N) is 2. The molecule has 220 valence electrons. The Bertz CT molecular complexity index is 895. The van der Waals surface area contributed by atoms with E-state index in [1.807, 2.05) is 60.7 Å². The van der Waals surface area contributed by atoms with Gasteiger partial charge in [0.05, 0.1) is 26.4 Å². The zero-order valence-electron chi connectivity index (χ0n) is 23.3. The summed E-state index contributed by atoms with van der Waals surface area (Å²) in [5, 5.41) is 0. The number of carbonyl (C=O) groups is 3. The van der Waals surface area contributed by atoms with Gasteiger partial charge < -0.3 is 30.4 Å². The molecule has 2 unspecified atom stereocenters. The molecule has 2 rings (SSSR count). The third-order valence-corrected chi connectivity index (χ3v) is 6.58. The van der Waals surface area contributed by atoms with Crippen molar-refractivity contribution >= 4 is 18.0 Å². The topological polar surface area (TPSA) is 140 Å². The molecule has 0 radical (unpaired) electrons. The highest BCUT2D eigenvalue weighted by Gasteiger charge is 2.18. The lowest BCUT2D eigenvalue weighted by atomic mass is 9.98. The van der Waals surface area contributed by atoms with Gasteiger partial charge in [0.15, 0.2) is 0 Å². The lowest BCUT2D eigenvalue weighted by molar-refractivity contribution is -0.123. The van der Waals surface area contributed by atoms with Crippen molar-refractivity contribution in [1.82, 2.24) is 0 Å². The summed E-state index contributed by atoms with van der Waals surface area (Å²) in [6.07, 6.45) is 4.18. The van der Waals surface area contributed by atoms with Gasteiger partial charge in [-0.15, -0.1) is 0 Å². The van der Waals surface area contributed by atoms with E-state index in [0.29, 0.717) is 52.1 Å². The highest BCUT2D eigenvalue weighted by molar-refractivity contribution is 5.77. The van der Waals surface area contributed by atoms with Gasteiger partial charge in [-0.3, -0.25) is 9.59 Å². The molecule has 0 aliphatic heterocycles. The second-order valence-electron chi connectivity index (χ2n) is 9.79. The van der Waals surface area contributed by atoms with Crippen LogP contribution in [-0.4, -0.2) is 44.4 Å². The van der Waals surface area contributed by atoms with Crippen molar-refractivity contribution in [1.29, 1.82) is 0 Å². The van der Waals surface area contributed by atoms with E-state index in [-0.39, 0.29) is 13.2 Å². The van der Waals surface area contributed by atoms with E-state index in [0.717, 1.165) is 36.8 Å². The van der Waals surface area contributed by atoms with Gasteiger partial charge in [-0.25, -0.2) is 4.79 Å². The zero-order chi connectivity index (χ0) is 28.8. The largest absolute Gasteiger partial charge is 0.508 e. The van der Waals surface area contributed by atoms with E-state index in [1.165, 1.54) is 0 Å². The van der Waals surface area contributed by atoms with E-state index in [2.05, 4.69) is 0 Å². The van der Waals surface area contributed by atoms with Crippen LogP contribution in [0, 0.1) is 11.8 Å². The molecule has 0 spiro atoms. The monoisotopic (exact) mass is 556 g/mol. The molecule has 4 N–H and O–H groups in total. The predicted octanol–water partition coefficient (Wildman–Crippen LogP) is 4.90. The Labute approximate surface area is 237 Å². The molecule has 2 aromatic rings. The maximum Gasteiger partial charge on any atom is 0.508 e. The van der Waals surface area contributed by atoms with Gasteiger partial charge in [0.2, 0.25) is 11.8 Å². The summed E-state index contributed by atoms with van der Waals surface area (Å²) in [6.45, 7) is 2.36. The standard InChI is InChI=1S/C31H44N2O7/c32-29(34)27(15-7-9-19-37-23-25-11-3-1-4-12-25)17-21-39-31(36)40-22-18-28(30(33)35)16-8-10-20-38-24-26-13-5-2-6-14-26/h1-6,11-14,27-28H,7-10,15-24H2,(H2,32,34)(H2,33,35). The number of amides is 2. The molecule has 9 nitrogen and oxygen atoms in total. The van der Waals surface area contributed by atoms with Crippen molar-refractivity contribution in [3.8, 4) is 0 Å². The molecule has 0 bridgehead atoms. The van der Waals surface area contributed by atoms with Crippen molar-refractivity contribution in [3.05, 3.63) is 71.8 Å². The van der Waals surface area contributed by atoms with Crippen LogP contribution in [0.3, 0.4) is 0 Å². The van der Waals surface area contributed by atoms with Crippen molar-refractivity contribution in [2.45, 2.75) is 64.6 Å². The molecule has 2 aromatic carbocycles. The third-order valence-electron chi connectivity index (χ3n) is 6.58. The first-order valence-corrected chi connectivity index (χ1v) is 14.1. The Morgan fingerprint density at radius 3 is 1.32 bits per heavy atom. The summed E-state index contributed by atoms with van der Waals surface area (Å²) in [5.74, 6) is -1.62. The fourth-order valence-corrected chi connectivity index (χ4v) is 4.19. The SMILES string of the molecule is NC(=O)C(CCCCOCc1ccccc1)CCOC(=O)OCCC(CCCCOCc1ccccc1)C(N)=O. The van der Waals surface area contributed by atoms with E-state index < -0.39 is 29.8 Å². The maximum absolute atomic E-state index is 11.9. The summed E-state index contributed by atoms with van der Waals surface area (Å²) in [7, 11) is 0. The normalized spacial score (nSPS) is 12.4. The Kier molecular flexibility index (Phi) is 16.8. The van der Waals surface area contributed by atoms with E-state index in [4.69, 9.17) is 30.4 Å². The van der Waals surface area contributed by atoms with Crippen molar-refractivity contribution in [2.24, 2.45) is 23.3 Å². The van der Waals surface area contributed by atoms with Crippen molar-refractivity contribution in [2.75, 3.05) is 26.4 Å². The van der Waals surface area contributed by atoms with Gasteiger partial charge in [0, 0.05) is 25.0 Å². The number of primary amides is 2. The second-order valence-corrected chi connectivity index (χ2v) is 9.79. The summed E-state index contributed by atoms with van der Waals surface area (Å²) in [5.41, 5.74) is 13.3. The highest BCUT2D eigenvalue weighted by atomic mass is 16.7. The average molecular weight is 557 g/mol. The van der Waals surface area contributed by atoms with Gasteiger partial charge in [0.25, 0.3) is 0 Å². The van der Waals surface area contributed by atoms with E-state index in [1.54, 1.807) is 0 Å². The molecule has 0 heterocycles. The summed E-state index contributed by atoms with van der Waals surface area (Å²) < 4.78 is 21.5. The number of unbranched alkanes of at least 4 members (excludes halogenated alkanes) is 2. The van der Waals surface area contributed by atoms with E-state index >= 15 is 0 Å². The number of ether oxygens (including phenoxy) is 4. The number of hydrogen-bond acceptors (Lipinski definition) is 7. The smallest absolute Gasteiger partial charge is 0.434 e. The molecule has 0 aromatic heterocycles. The van der Waals surface area contributed by atoms with Crippen LogP contribution in [0.15, 0.2) is 60.7 Å². The first kappa shape index (κ1) is 32.8. The van der Waals surface area contributed by atoms with Gasteiger partial charge in [0.1, 0.15) is 0 Å². The van der Waals surface area contributed by atoms with Crippen LogP contribution in [0.1, 0.15) is 62.5 Å². The summed E-state index contributed by atoms with van der Waals surface area (Å²) >= 11 is 0. The van der Waals surface area contributed by atoms with Crippen molar-refractivity contribution in [3.63, 3.8) is 0 Å². The number of rotatable bonds is 22. The molecule has 0 aliphatic rings. The molecular weight excluding hydrogens is 512 g/mol. The average Bonchev–Trinajstić information content (AvgIpc) is 2.95. The third kappa shape index (κ3) is 15.2. The number of benzene rings is 2. The minimum Gasteiger partial charge on any atom is -0.434 e. The molecule has 0 fully saturated rings. The van der Waals surface area contributed by atoms with Crippen LogP contribution < -0.4 is 11.5 Å². The molecule has 40 heavy (non-hydrogen) atoms. The van der Waals surface area contributed by atoms with Gasteiger partial charge in [-0.1, -0.05) is 73.5 Å². The van der Waals surface area contributed by atoms with E-state index in [9.17, 15) is 14.4 Å². The summed E-state index contributed by atoms with van der Waals surface area (Å²) in [6, 6.07) is 19.9. The molecule has 0 saturated carbocycles. The Hall–Kier alpha value is -3.43. The number of carbonyl (C=O) groups excluding carboxylic acids is 3. The first-order valence-electron chi connectivity index (χ1n) is 14.1. The first-order chi connectivity index (χ1) is 19.5. The Morgan fingerprint density at radius 2 is 0.950 bits per heavy atom. The Balaban J connectivity index is 1.50. The summed E-state index contributed by atoms with van der Waals surface area (Å²) in [4.78, 5) is 35.5. The predicted molar refractivity (Wildman–Crippen MR) is 152 cm³/mol. The lowest BCUT2D eigenvalue weighted by Gasteiger charge is -2.15. The zero-order valence-corrected chi connectivity index (χ0v) is 23.3. The van der Waals surface area contributed by atoms with Crippen LogP contribution >= 0.6 is 0 Å². The number of hydrogen-bond donors (Lipinski definition) is 2. The quantitative estimate of drug-likeness (QED) is 0.155. The maximum atomic E-state index is 11.9. The van der Waals surface area contributed by atoms with Gasteiger partial charge >= 0.3 is 6.16 Å². The second kappa shape index (κ2) is 20.5. The Morgan fingerprint density at radius 1 is 0.550 bits per heavy atom. The van der Waals surface area contributed by atoms with Crippen LogP contribution in [0.2, 0.25) is 0 Å². The van der Waals surface area contributed by atoms with Crippen LogP contribution in [0.4, 0.5) is 4.79 Å². The molecule has 0 saturated heterocycles. The van der Waals surface area contributed by atoms with Gasteiger partial charge in [-0.05, 0) is 49.7 Å². The fourth-order valence-electron chi connectivity index (χ4n) is 4.19. The minimum atomic E-state index is -0.838.